The van der Waals surface area contributed by atoms with Crippen LogP contribution in [0.3, 0.4) is 0 Å². The van der Waals surface area contributed by atoms with Gasteiger partial charge < -0.3 is 66.3 Å². The molecule has 0 aliphatic rings. The molecule has 0 heterocycles. The maximum atomic E-state index is 10.9. The molecule has 0 spiro atoms. The number of ether oxygens (including phenoxy) is 14. The van der Waals surface area contributed by atoms with Crippen molar-refractivity contribution in [3.63, 3.8) is 0 Å². The fraction of sp³-hybridized carbons (Fsp3) is 0.794. The van der Waals surface area contributed by atoms with Gasteiger partial charge in [0.1, 0.15) is 12.4 Å². The largest absolute Gasteiger partial charge is 0.491 e. The summed E-state index contributed by atoms with van der Waals surface area (Å²) in [4.78, 5) is 21.1. The Morgan fingerprint density at radius 3 is 0.942 bits per heavy atom. The number of nitro groups is 1. The van der Waals surface area contributed by atoms with Crippen molar-refractivity contribution in [3.8, 4) is 5.75 Å². The highest BCUT2D eigenvalue weighted by molar-refractivity contribution is 5.69. The first kappa shape index (κ1) is 47.4. The second kappa shape index (κ2) is 38.1. The van der Waals surface area contributed by atoms with Gasteiger partial charge in [0.25, 0.3) is 5.69 Å². The van der Waals surface area contributed by atoms with Crippen molar-refractivity contribution >= 4 is 11.7 Å². The second-order valence-corrected chi connectivity index (χ2v) is 10.3. The van der Waals surface area contributed by atoms with Crippen LogP contribution in [-0.4, -0.2) is 183 Å². The molecule has 18 nitrogen and oxygen atoms in total. The Morgan fingerprint density at radius 1 is 0.442 bits per heavy atom. The molecule has 0 fully saturated rings. The van der Waals surface area contributed by atoms with E-state index in [9.17, 15) is 14.9 Å². The molecule has 18 heteroatoms. The monoisotopic (exact) mass is 753 g/mol. The number of carbonyl (C=O) groups excluding carboxylic acids is 1. The number of esters is 1. The van der Waals surface area contributed by atoms with Crippen molar-refractivity contribution in [3.05, 3.63) is 34.4 Å². The molecular weight excluding hydrogens is 694 g/mol. The van der Waals surface area contributed by atoms with Crippen LogP contribution in [0.1, 0.15) is 6.42 Å². The lowest BCUT2D eigenvalue weighted by Gasteiger charge is -2.09. The van der Waals surface area contributed by atoms with Crippen molar-refractivity contribution in [2.24, 2.45) is 0 Å². The molecule has 0 unspecified atom stereocenters. The lowest BCUT2D eigenvalue weighted by atomic mass is 10.3. The summed E-state index contributed by atoms with van der Waals surface area (Å²) >= 11 is 0. The van der Waals surface area contributed by atoms with E-state index in [0.717, 1.165) is 0 Å². The zero-order valence-corrected chi connectivity index (χ0v) is 30.6. The van der Waals surface area contributed by atoms with E-state index in [0.29, 0.717) is 171 Å². The number of methoxy groups -OCH3 is 1. The van der Waals surface area contributed by atoms with Gasteiger partial charge in [0.2, 0.25) is 0 Å². The Morgan fingerprint density at radius 2 is 0.692 bits per heavy atom. The molecule has 1 aromatic carbocycles. The molecule has 52 heavy (non-hydrogen) atoms. The summed E-state index contributed by atoms with van der Waals surface area (Å²) in [7, 11) is 1.35. The molecule has 0 aliphatic heterocycles. The predicted octanol–water partition coefficient (Wildman–Crippen LogP) is 1.74. The van der Waals surface area contributed by atoms with Gasteiger partial charge in [-0.05, 0) is 12.1 Å². The molecule has 0 atom stereocenters. The SMILES string of the molecule is COC(=O)CCOCCOCCOCCOCCOCCOCCOCCOCCOCCOCCOCCOCCOc1ccc([N+](=O)[O-])cc1. The predicted molar refractivity (Wildman–Crippen MR) is 185 cm³/mol. The maximum absolute atomic E-state index is 10.9. The van der Waals surface area contributed by atoms with Crippen molar-refractivity contribution in [2.45, 2.75) is 6.42 Å². The molecule has 302 valence electrons. The van der Waals surface area contributed by atoms with Crippen LogP contribution in [0.5, 0.6) is 5.75 Å². The summed E-state index contributed by atoms with van der Waals surface area (Å²) in [5.41, 5.74) is 0.0216. The topological polar surface area (TPSA) is 189 Å². The molecule has 0 aliphatic carbocycles. The zero-order chi connectivity index (χ0) is 37.4. The Labute approximate surface area is 306 Å². The number of rotatable bonds is 41. The normalized spacial score (nSPS) is 11.2. The third kappa shape index (κ3) is 33.3. The molecule has 0 amide bonds. The van der Waals surface area contributed by atoms with Gasteiger partial charge in [-0.25, -0.2) is 0 Å². The summed E-state index contributed by atoms with van der Waals surface area (Å²) in [5, 5.41) is 10.6. The van der Waals surface area contributed by atoms with Gasteiger partial charge in [0, 0.05) is 12.1 Å². The van der Waals surface area contributed by atoms with Crippen LogP contribution in [0.4, 0.5) is 5.69 Å². The van der Waals surface area contributed by atoms with Crippen molar-refractivity contribution in [1.82, 2.24) is 0 Å². The van der Waals surface area contributed by atoms with E-state index in [4.69, 9.17) is 61.6 Å². The van der Waals surface area contributed by atoms with Crippen LogP contribution in [0, 0.1) is 10.1 Å². The minimum absolute atomic E-state index is 0.0216. The third-order valence-electron chi connectivity index (χ3n) is 6.31. The summed E-state index contributed by atoms with van der Waals surface area (Å²) in [6.07, 6.45) is 0.238. The average molecular weight is 754 g/mol. The minimum Gasteiger partial charge on any atom is -0.491 e. The second-order valence-electron chi connectivity index (χ2n) is 10.3. The van der Waals surface area contributed by atoms with E-state index in [1.807, 2.05) is 0 Å². The molecule has 0 saturated carbocycles. The quantitative estimate of drug-likeness (QED) is 0.0406. The molecule has 0 bridgehead atoms. The fourth-order valence-electron chi connectivity index (χ4n) is 3.66. The highest BCUT2D eigenvalue weighted by Gasteiger charge is 2.04. The maximum Gasteiger partial charge on any atom is 0.307 e. The number of hydrogen-bond donors (Lipinski definition) is 0. The summed E-state index contributed by atoms with van der Waals surface area (Å²) < 4.78 is 75.2. The first-order chi connectivity index (χ1) is 25.6. The van der Waals surface area contributed by atoms with Crippen molar-refractivity contribution in [1.29, 1.82) is 0 Å². The van der Waals surface area contributed by atoms with Gasteiger partial charge >= 0.3 is 5.97 Å². The van der Waals surface area contributed by atoms with E-state index in [2.05, 4.69) is 4.74 Å². The fourth-order valence-corrected chi connectivity index (χ4v) is 3.66. The molecule has 0 saturated heterocycles. The first-order valence-electron chi connectivity index (χ1n) is 17.5. The van der Waals surface area contributed by atoms with Crippen LogP contribution in [0.2, 0.25) is 0 Å². The van der Waals surface area contributed by atoms with Crippen LogP contribution in [-0.2, 0) is 66.4 Å². The lowest BCUT2D eigenvalue weighted by molar-refractivity contribution is -0.384. The van der Waals surface area contributed by atoms with Crippen LogP contribution >= 0.6 is 0 Å². The molecule has 0 aromatic heterocycles. The van der Waals surface area contributed by atoms with Crippen LogP contribution in [0.25, 0.3) is 0 Å². The number of benzene rings is 1. The van der Waals surface area contributed by atoms with Gasteiger partial charge in [-0.2, -0.15) is 0 Å². The summed E-state index contributed by atoms with van der Waals surface area (Å²) in [6, 6.07) is 5.90. The number of hydrogen-bond acceptors (Lipinski definition) is 17. The number of nitro benzene ring substituents is 1. The van der Waals surface area contributed by atoms with Gasteiger partial charge in [-0.15, -0.1) is 0 Å². The number of nitrogens with zero attached hydrogens (tertiary/aromatic N) is 1. The van der Waals surface area contributed by atoms with E-state index in [-0.39, 0.29) is 18.1 Å². The van der Waals surface area contributed by atoms with Crippen molar-refractivity contribution in [2.75, 3.05) is 172 Å². The van der Waals surface area contributed by atoms with E-state index < -0.39 is 4.92 Å². The van der Waals surface area contributed by atoms with Crippen LogP contribution in [0.15, 0.2) is 24.3 Å². The highest BCUT2D eigenvalue weighted by atomic mass is 16.6. The zero-order valence-electron chi connectivity index (χ0n) is 30.6. The van der Waals surface area contributed by atoms with E-state index >= 15 is 0 Å². The highest BCUT2D eigenvalue weighted by Crippen LogP contribution is 2.17. The number of non-ortho nitro benzene ring substituents is 1. The van der Waals surface area contributed by atoms with Crippen molar-refractivity contribution < 1.29 is 76.0 Å². The standard InChI is InChI=1S/C34H59NO17/c1-39-34(36)6-7-40-8-9-41-10-11-42-12-13-43-14-15-44-16-17-45-18-19-46-20-21-47-22-23-48-24-25-49-26-27-50-28-29-51-30-31-52-33-4-2-32(3-5-33)35(37)38/h2-5H,6-31H2,1H3. The Bertz CT molecular complexity index is 928. The smallest absolute Gasteiger partial charge is 0.307 e. The lowest BCUT2D eigenvalue weighted by Crippen LogP contribution is -2.15. The van der Waals surface area contributed by atoms with E-state index in [1.54, 1.807) is 12.1 Å². The molecular formula is C34H59NO17. The Hall–Kier alpha value is -2.59. The molecule has 1 aromatic rings. The summed E-state index contributed by atoms with van der Waals surface area (Å²) in [5.74, 6) is 0.259. The third-order valence-corrected chi connectivity index (χ3v) is 6.31. The Kier molecular flexibility index (Phi) is 34.8. The number of carbonyl (C=O) groups is 1. The van der Waals surface area contributed by atoms with Gasteiger partial charge in [-0.1, -0.05) is 0 Å². The van der Waals surface area contributed by atoms with Crippen LogP contribution < -0.4 is 4.74 Å². The molecule has 1 rings (SSSR count). The summed E-state index contributed by atoms with van der Waals surface area (Å²) in [6.45, 7) is 11.3. The first-order valence-corrected chi connectivity index (χ1v) is 17.5. The average Bonchev–Trinajstić information content (AvgIpc) is 3.15. The van der Waals surface area contributed by atoms with Gasteiger partial charge in [-0.3, -0.25) is 14.9 Å². The minimum atomic E-state index is -0.455. The Balaban J connectivity index is 1.64. The molecule has 0 radical (unpaired) electrons. The van der Waals surface area contributed by atoms with Gasteiger partial charge in [0.05, 0.1) is 177 Å². The van der Waals surface area contributed by atoms with Gasteiger partial charge in [0.15, 0.2) is 0 Å². The molecule has 0 N–H and O–H groups in total. The van der Waals surface area contributed by atoms with E-state index in [1.165, 1.54) is 19.2 Å².